The number of hydrogen-bond acceptors (Lipinski definition) is 5. The molecule has 1 saturated heterocycles. The highest BCUT2D eigenvalue weighted by Gasteiger charge is 2.25. The van der Waals surface area contributed by atoms with Crippen molar-refractivity contribution >= 4 is 21.6 Å². The highest BCUT2D eigenvalue weighted by atomic mass is 32.2. The molecule has 1 fully saturated rings. The van der Waals surface area contributed by atoms with E-state index in [1.165, 1.54) is 12.1 Å². The lowest BCUT2D eigenvalue weighted by Gasteiger charge is -2.14. The second kappa shape index (κ2) is 7.86. The molecule has 2 aromatic carbocycles. The van der Waals surface area contributed by atoms with Crippen LogP contribution in [0.5, 0.6) is 0 Å². The number of carbonyl (C=O) groups excluding carboxylic acids is 1. The van der Waals surface area contributed by atoms with Crippen LogP contribution in [0.2, 0.25) is 0 Å². The summed E-state index contributed by atoms with van der Waals surface area (Å²) in [6.07, 6.45) is -0.454. The summed E-state index contributed by atoms with van der Waals surface area (Å²) in [4.78, 5) is 12.3. The van der Waals surface area contributed by atoms with Crippen LogP contribution < -0.4 is 15.4 Å². The molecule has 2 unspecified atom stereocenters. The molecule has 1 aliphatic rings. The number of β-amino-alcohol motifs (C(OH)–C–C–N with tert-alkyl or cyclic N) is 1. The summed E-state index contributed by atoms with van der Waals surface area (Å²) in [6, 6.07) is 14.3. The highest BCUT2D eigenvalue weighted by molar-refractivity contribution is 7.92. The molecule has 2 aromatic rings. The van der Waals surface area contributed by atoms with Crippen molar-refractivity contribution in [2.24, 2.45) is 5.92 Å². The largest absolute Gasteiger partial charge is 0.391 e. The minimum atomic E-state index is -3.66. The number of aliphatic hydroxyl groups is 1. The molecule has 26 heavy (non-hydrogen) atoms. The van der Waals surface area contributed by atoms with E-state index >= 15 is 0 Å². The van der Waals surface area contributed by atoms with Gasteiger partial charge >= 0.3 is 0 Å². The van der Waals surface area contributed by atoms with E-state index in [-0.39, 0.29) is 16.7 Å². The summed E-state index contributed by atoms with van der Waals surface area (Å²) >= 11 is 0. The lowest BCUT2D eigenvalue weighted by molar-refractivity contribution is 0.0927. The molecule has 0 radical (unpaired) electrons. The Morgan fingerprint density at radius 2 is 1.77 bits per heavy atom. The van der Waals surface area contributed by atoms with Gasteiger partial charge in [-0.1, -0.05) is 18.2 Å². The van der Waals surface area contributed by atoms with Crippen molar-refractivity contribution in [1.82, 2.24) is 10.6 Å². The number of aliphatic hydroxyl groups excluding tert-OH is 1. The summed E-state index contributed by atoms with van der Waals surface area (Å²) in [7, 11) is -3.66. The van der Waals surface area contributed by atoms with Crippen LogP contribution in [0.4, 0.5) is 5.69 Å². The van der Waals surface area contributed by atoms with Gasteiger partial charge in [-0.25, -0.2) is 8.42 Å². The standard InChI is InChI=1S/C18H21N3O4S/c22-17-12-19-10-14(17)11-20-18(23)13-6-8-15(9-7-13)21-26(24,25)16-4-2-1-3-5-16/h1-9,14,17,19,21-22H,10-12H2,(H,20,23). The second-order valence-electron chi connectivity index (χ2n) is 6.19. The Labute approximate surface area is 152 Å². The van der Waals surface area contributed by atoms with Crippen molar-refractivity contribution < 1.29 is 18.3 Å². The van der Waals surface area contributed by atoms with Crippen molar-refractivity contribution in [3.63, 3.8) is 0 Å². The minimum absolute atomic E-state index is 0.00379. The van der Waals surface area contributed by atoms with Gasteiger partial charge in [0.15, 0.2) is 0 Å². The second-order valence-corrected chi connectivity index (χ2v) is 7.87. The summed E-state index contributed by atoms with van der Waals surface area (Å²) in [5.41, 5.74) is 0.800. The first-order chi connectivity index (χ1) is 12.5. The Hall–Kier alpha value is -2.42. The molecular formula is C18H21N3O4S. The number of rotatable bonds is 6. The van der Waals surface area contributed by atoms with Gasteiger partial charge in [0, 0.05) is 36.8 Å². The van der Waals surface area contributed by atoms with Crippen molar-refractivity contribution in [3.05, 3.63) is 60.2 Å². The number of carbonyl (C=O) groups is 1. The number of anilines is 1. The fourth-order valence-corrected chi connectivity index (χ4v) is 3.84. The maximum absolute atomic E-state index is 12.3. The summed E-state index contributed by atoms with van der Waals surface area (Å²) in [5.74, 6) is -0.266. The SMILES string of the molecule is O=C(NCC1CNCC1O)c1ccc(NS(=O)(=O)c2ccccc2)cc1. The molecule has 1 heterocycles. The Morgan fingerprint density at radius 3 is 2.38 bits per heavy atom. The molecular weight excluding hydrogens is 354 g/mol. The summed E-state index contributed by atoms with van der Waals surface area (Å²) in [6.45, 7) is 1.59. The van der Waals surface area contributed by atoms with E-state index in [1.807, 2.05) is 0 Å². The summed E-state index contributed by atoms with van der Waals surface area (Å²) < 4.78 is 27.0. The monoisotopic (exact) mass is 375 g/mol. The zero-order valence-corrected chi connectivity index (χ0v) is 14.9. The fraction of sp³-hybridized carbons (Fsp3) is 0.278. The van der Waals surface area contributed by atoms with Gasteiger partial charge in [0.05, 0.1) is 11.0 Å². The van der Waals surface area contributed by atoms with E-state index in [0.29, 0.717) is 30.9 Å². The molecule has 1 amide bonds. The number of hydrogen-bond donors (Lipinski definition) is 4. The van der Waals surface area contributed by atoms with Crippen molar-refractivity contribution in [2.45, 2.75) is 11.0 Å². The van der Waals surface area contributed by atoms with E-state index in [2.05, 4.69) is 15.4 Å². The first-order valence-electron chi connectivity index (χ1n) is 8.30. The van der Waals surface area contributed by atoms with E-state index in [0.717, 1.165) is 0 Å². The predicted octanol–water partition coefficient (Wildman–Crippen LogP) is 0.798. The van der Waals surface area contributed by atoms with Gasteiger partial charge in [0.1, 0.15) is 0 Å². The van der Waals surface area contributed by atoms with Crippen LogP contribution in [0.1, 0.15) is 10.4 Å². The number of nitrogens with one attached hydrogen (secondary N) is 3. The molecule has 0 bridgehead atoms. The van der Waals surface area contributed by atoms with Crippen LogP contribution in [0.25, 0.3) is 0 Å². The zero-order valence-electron chi connectivity index (χ0n) is 14.1. The number of sulfonamides is 1. The predicted molar refractivity (Wildman–Crippen MR) is 98.4 cm³/mol. The number of benzene rings is 2. The van der Waals surface area contributed by atoms with Crippen LogP contribution in [0, 0.1) is 5.92 Å². The lowest BCUT2D eigenvalue weighted by Crippen LogP contribution is -2.34. The van der Waals surface area contributed by atoms with E-state index in [1.54, 1.807) is 42.5 Å². The third kappa shape index (κ3) is 4.40. The van der Waals surface area contributed by atoms with Gasteiger partial charge in [-0.3, -0.25) is 9.52 Å². The van der Waals surface area contributed by atoms with Crippen LogP contribution in [0.15, 0.2) is 59.5 Å². The van der Waals surface area contributed by atoms with Crippen LogP contribution in [0.3, 0.4) is 0 Å². The third-order valence-corrected chi connectivity index (χ3v) is 5.68. The molecule has 2 atom stereocenters. The highest BCUT2D eigenvalue weighted by Crippen LogP contribution is 2.16. The zero-order chi connectivity index (χ0) is 18.6. The minimum Gasteiger partial charge on any atom is -0.391 e. The smallest absolute Gasteiger partial charge is 0.261 e. The molecule has 8 heteroatoms. The summed E-state index contributed by atoms with van der Waals surface area (Å²) in [5, 5.41) is 15.6. The molecule has 4 N–H and O–H groups in total. The Bertz CT molecular complexity index is 854. The quantitative estimate of drug-likeness (QED) is 0.597. The van der Waals surface area contributed by atoms with E-state index in [9.17, 15) is 18.3 Å². The van der Waals surface area contributed by atoms with E-state index < -0.39 is 16.1 Å². The van der Waals surface area contributed by atoms with Gasteiger partial charge in [0.25, 0.3) is 15.9 Å². The fourth-order valence-electron chi connectivity index (χ4n) is 2.76. The molecule has 7 nitrogen and oxygen atoms in total. The Kier molecular flexibility index (Phi) is 5.55. The van der Waals surface area contributed by atoms with Crippen LogP contribution >= 0.6 is 0 Å². The molecule has 138 valence electrons. The maximum atomic E-state index is 12.3. The van der Waals surface area contributed by atoms with Crippen LogP contribution in [-0.4, -0.2) is 45.2 Å². The normalized spacial score (nSPS) is 19.9. The van der Waals surface area contributed by atoms with Gasteiger partial charge in [-0.2, -0.15) is 0 Å². The average molecular weight is 375 g/mol. The first kappa shape index (κ1) is 18.4. The van der Waals surface area contributed by atoms with Crippen LogP contribution in [-0.2, 0) is 10.0 Å². The maximum Gasteiger partial charge on any atom is 0.261 e. The van der Waals surface area contributed by atoms with Gasteiger partial charge in [-0.05, 0) is 36.4 Å². The topological polar surface area (TPSA) is 108 Å². The van der Waals surface area contributed by atoms with Crippen molar-refractivity contribution in [3.8, 4) is 0 Å². The average Bonchev–Trinajstić information content (AvgIpc) is 3.06. The Morgan fingerprint density at radius 1 is 1.08 bits per heavy atom. The molecule has 1 aliphatic heterocycles. The Balaban J connectivity index is 1.60. The molecule has 0 spiro atoms. The third-order valence-electron chi connectivity index (χ3n) is 4.28. The molecule has 0 saturated carbocycles. The molecule has 3 rings (SSSR count). The van der Waals surface area contributed by atoms with Crippen molar-refractivity contribution in [1.29, 1.82) is 0 Å². The van der Waals surface area contributed by atoms with Gasteiger partial charge in [-0.15, -0.1) is 0 Å². The van der Waals surface area contributed by atoms with E-state index in [4.69, 9.17) is 0 Å². The van der Waals surface area contributed by atoms with Crippen molar-refractivity contribution in [2.75, 3.05) is 24.4 Å². The lowest BCUT2D eigenvalue weighted by atomic mass is 10.1. The molecule has 0 aliphatic carbocycles. The molecule has 0 aromatic heterocycles. The number of amides is 1. The first-order valence-corrected chi connectivity index (χ1v) is 9.79. The van der Waals surface area contributed by atoms with Gasteiger partial charge in [0.2, 0.25) is 0 Å². The van der Waals surface area contributed by atoms with Gasteiger partial charge < -0.3 is 15.7 Å².